The Kier molecular flexibility index (Phi) is 4.44. The van der Waals surface area contributed by atoms with Gasteiger partial charge in [-0.15, -0.1) is 0 Å². The summed E-state index contributed by atoms with van der Waals surface area (Å²) < 4.78 is 0. The molecule has 0 spiro atoms. The zero-order chi connectivity index (χ0) is 19.0. The van der Waals surface area contributed by atoms with Crippen LogP contribution in [0.1, 0.15) is 53.5 Å². The maximum Gasteiger partial charge on any atom is 0.273 e. The number of aromatic nitrogens is 2. The molecular weight excluding hydrogens is 338 g/mol. The molecule has 0 bridgehead atoms. The Hall–Kier alpha value is -3.08. The normalized spacial score (nSPS) is 16.0. The van der Waals surface area contributed by atoms with Gasteiger partial charge in [0.25, 0.3) is 5.91 Å². The van der Waals surface area contributed by atoms with Gasteiger partial charge in [0.15, 0.2) is 0 Å². The summed E-state index contributed by atoms with van der Waals surface area (Å²) in [5.74, 6) is 0.124. The Morgan fingerprint density at radius 2 is 1.85 bits per heavy atom. The monoisotopic (exact) mass is 361 g/mol. The van der Waals surface area contributed by atoms with Crippen LogP contribution in [-0.2, 0) is 6.42 Å². The maximum atomic E-state index is 13.0. The summed E-state index contributed by atoms with van der Waals surface area (Å²) in [7, 11) is 0. The maximum absolute atomic E-state index is 13.0. The van der Waals surface area contributed by atoms with Gasteiger partial charge < -0.3 is 10.0 Å². The molecule has 1 aromatic heterocycles. The fraction of sp³-hybridized carbons (Fsp3) is 0.273. The molecule has 4 rings (SSSR count). The first-order valence-electron chi connectivity index (χ1n) is 9.42. The number of rotatable bonds is 5. The molecule has 5 heteroatoms. The zero-order valence-electron chi connectivity index (χ0n) is 15.6. The lowest BCUT2D eigenvalue weighted by Gasteiger charge is -2.26. The standard InChI is InChI=1S/C22H23N3O2/c1-3-13-25-21(15-11-9-14(4-2)10-12-15)18-19(23-24-20(18)22(25)27)16-7-5-6-8-17(16)26/h5-12,21,26H,3-4,13H2,1-2H3,(H,23,24). The van der Waals surface area contributed by atoms with Crippen LogP contribution in [0.15, 0.2) is 48.5 Å². The number of nitrogens with one attached hydrogen (secondary N) is 1. The largest absolute Gasteiger partial charge is 0.507 e. The lowest BCUT2D eigenvalue weighted by molar-refractivity contribution is 0.0744. The number of carbonyl (C=O) groups is 1. The van der Waals surface area contributed by atoms with E-state index in [4.69, 9.17) is 0 Å². The molecule has 1 aliphatic heterocycles. The lowest BCUT2D eigenvalue weighted by atomic mass is 9.95. The number of phenols is 1. The van der Waals surface area contributed by atoms with E-state index in [1.807, 2.05) is 17.0 Å². The average Bonchev–Trinajstić information content (AvgIpc) is 3.23. The number of hydrogen-bond acceptors (Lipinski definition) is 3. The van der Waals surface area contributed by atoms with Crippen molar-refractivity contribution in [2.45, 2.75) is 32.7 Å². The fourth-order valence-corrected chi connectivity index (χ4v) is 3.83. The van der Waals surface area contributed by atoms with Crippen molar-refractivity contribution in [3.8, 4) is 17.0 Å². The minimum atomic E-state index is -0.202. The molecule has 0 radical (unpaired) electrons. The number of aromatic amines is 1. The second-order valence-electron chi connectivity index (χ2n) is 6.87. The first kappa shape index (κ1) is 17.3. The average molecular weight is 361 g/mol. The summed E-state index contributed by atoms with van der Waals surface area (Å²) in [6.45, 7) is 4.86. The van der Waals surface area contributed by atoms with Crippen LogP contribution in [0, 0.1) is 0 Å². The summed E-state index contributed by atoms with van der Waals surface area (Å²) in [5.41, 5.74) is 4.96. The van der Waals surface area contributed by atoms with E-state index >= 15 is 0 Å². The van der Waals surface area contributed by atoms with Crippen molar-refractivity contribution in [1.29, 1.82) is 0 Å². The van der Waals surface area contributed by atoms with E-state index in [-0.39, 0.29) is 17.7 Å². The van der Waals surface area contributed by atoms with E-state index in [0.29, 0.717) is 23.5 Å². The lowest BCUT2D eigenvalue weighted by Crippen LogP contribution is -2.30. The summed E-state index contributed by atoms with van der Waals surface area (Å²) in [5, 5.41) is 17.6. The van der Waals surface area contributed by atoms with Crippen LogP contribution in [0.3, 0.4) is 0 Å². The number of carbonyl (C=O) groups excluding carboxylic acids is 1. The highest BCUT2D eigenvalue weighted by Crippen LogP contribution is 2.44. The van der Waals surface area contributed by atoms with Crippen LogP contribution < -0.4 is 0 Å². The van der Waals surface area contributed by atoms with Crippen molar-refractivity contribution < 1.29 is 9.90 Å². The molecule has 2 N–H and O–H groups in total. The molecule has 3 aromatic rings. The van der Waals surface area contributed by atoms with Crippen molar-refractivity contribution >= 4 is 5.91 Å². The Labute approximate surface area is 158 Å². The quantitative estimate of drug-likeness (QED) is 0.712. The molecule has 1 atom stereocenters. The number of H-pyrrole nitrogens is 1. The number of phenolic OH excluding ortho intramolecular Hbond substituents is 1. The molecule has 0 saturated heterocycles. The summed E-state index contributed by atoms with van der Waals surface area (Å²) in [6, 6.07) is 15.3. The minimum Gasteiger partial charge on any atom is -0.507 e. The van der Waals surface area contributed by atoms with Crippen molar-refractivity contribution in [2.75, 3.05) is 6.54 Å². The number of amides is 1. The third kappa shape index (κ3) is 2.79. The highest BCUT2D eigenvalue weighted by Gasteiger charge is 2.41. The zero-order valence-corrected chi connectivity index (χ0v) is 15.6. The number of nitrogens with zero attached hydrogens (tertiary/aromatic N) is 2. The second kappa shape index (κ2) is 6.91. The number of benzene rings is 2. The highest BCUT2D eigenvalue weighted by atomic mass is 16.3. The van der Waals surface area contributed by atoms with Crippen molar-refractivity contribution in [3.63, 3.8) is 0 Å². The Bertz CT molecular complexity index is 975. The summed E-state index contributed by atoms with van der Waals surface area (Å²) >= 11 is 0. The van der Waals surface area contributed by atoms with Crippen LogP contribution in [0.5, 0.6) is 5.75 Å². The fourth-order valence-electron chi connectivity index (χ4n) is 3.83. The van der Waals surface area contributed by atoms with Gasteiger partial charge in [-0.25, -0.2) is 0 Å². The van der Waals surface area contributed by atoms with Crippen LogP contribution in [0.4, 0.5) is 0 Å². The van der Waals surface area contributed by atoms with Crippen LogP contribution in [0.2, 0.25) is 0 Å². The van der Waals surface area contributed by atoms with Gasteiger partial charge >= 0.3 is 0 Å². The number of fused-ring (bicyclic) bond motifs is 1. The van der Waals surface area contributed by atoms with Crippen LogP contribution >= 0.6 is 0 Å². The molecular formula is C22H23N3O2. The van der Waals surface area contributed by atoms with E-state index < -0.39 is 0 Å². The van der Waals surface area contributed by atoms with Gasteiger partial charge in [0.05, 0.1) is 6.04 Å². The number of para-hydroxylation sites is 1. The molecule has 2 aromatic carbocycles. The van der Waals surface area contributed by atoms with Gasteiger partial charge in [-0.3, -0.25) is 9.89 Å². The predicted molar refractivity (Wildman–Crippen MR) is 105 cm³/mol. The number of aromatic hydroxyl groups is 1. The Morgan fingerprint density at radius 3 is 2.52 bits per heavy atom. The van der Waals surface area contributed by atoms with Gasteiger partial charge in [-0.05, 0) is 36.1 Å². The van der Waals surface area contributed by atoms with Crippen LogP contribution in [-0.4, -0.2) is 32.7 Å². The van der Waals surface area contributed by atoms with E-state index in [1.54, 1.807) is 12.1 Å². The van der Waals surface area contributed by atoms with E-state index in [9.17, 15) is 9.90 Å². The van der Waals surface area contributed by atoms with E-state index in [0.717, 1.165) is 24.0 Å². The molecule has 1 aliphatic rings. The third-order valence-electron chi connectivity index (χ3n) is 5.19. The number of hydrogen-bond donors (Lipinski definition) is 2. The molecule has 27 heavy (non-hydrogen) atoms. The van der Waals surface area contributed by atoms with Gasteiger partial charge in [0, 0.05) is 17.7 Å². The molecule has 0 aliphatic carbocycles. The molecule has 0 fully saturated rings. The SMILES string of the molecule is CCCN1C(=O)c2[nH]nc(-c3ccccc3O)c2C1c1ccc(CC)cc1. The van der Waals surface area contributed by atoms with E-state index in [2.05, 4.69) is 48.3 Å². The molecule has 0 saturated carbocycles. The molecule has 138 valence electrons. The molecule has 5 nitrogen and oxygen atoms in total. The van der Waals surface area contributed by atoms with Gasteiger partial charge in [0.1, 0.15) is 17.1 Å². The minimum absolute atomic E-state index is 0.0365. The van der Waals surface area contributed by atoms with Gasteiger partial charge in [0.2, 0.25) is 0 Å². The first-order valence-corrected chi connectivity index (χ1v) is 9.42. The molecule has 1 unspecified atom stereocenters. The summed E-state index contributed by atoms with van der Waals surface area (Å²) in [6.07, 6.45) is 1.85. The highest BCUT2D eigenvalue weighted by molar-refractivity contribution is 6.00. The third-order valence-corrected chi connectivity index (χ3v) is 5.19. The Balaban J connectivity index is 1.88. The van der Waals surface area contributed by atoms with Crippen molar-refractivity contribution in [1.82, 2.24) is 15.1 Å². The van der Waals surface area contributed by atoms with Crippen LogP contribution in [0.25, 0.3) is 11.3 Å². The predicted octanol–water partition coefficient (Wildman–Crippen LogP) is 4.30. The van der Waals surface area contributed by atoms with Crippen molar-refractivity contribution in [2.24, 2.45) is 0 Å². The first-order chi connectivity index (χ1) is 13.2. The number of aryl methyl sites for hydroxylation is 1. The smallest absolute Gasteiger partial charge is 0.273 e. The van der Waals surface area contributed by atoms with Gasteiger partial charge in [-0.1, -0.05) is 50.2 Å². The van der Waals surface area contributed by atoms with Crippen molar-refractivity contribution in [3.05, 3.63) is 70.9 Å². The van der Waals surface area contributed by atoms with Gasteiger partial charge in [-0.2, -0.15) is 5.10 Å². The van der Waals surface area contributed by atoms with E-state index in [1.165, 1.54) is 5.56 Å². The molecule has 1 amide bonds. The summed E-state index contributed by atoms with van der Waals surface area (Å²) in [4.78, 5) is 14.9. The second-order valence-corrected chi connectivity index (χ2v) is 6.87. The Morgan fingerprint density at radius 1 is 1.11 bits per heavy atom. The topological polar surface area (TPSA) is 69.2 Å². The molecule has 2 heterocycles.